The van der Waals surface area contributed by atoms with Gasteiger partial charge in [0.25, 0.3) is 0 Å². The Morgan fingerprint density at radius 2 is 2.00 bits per heavy atom. The number of para-hydroxylation sites is 1. The minimum absolute atomic E-state index is 0.308. The summed E-state index contributed by atoms with van der Waals surface area (Å²) < 4.78 is 0. The first-order valence-corrected chi connectivity index (χ1v) is 8.25. The second-order valence-electron chi connectivity index (χ2n) is 6.08. The van der Waals surface area contributed by atoms with Crippen LogP contribution in [0.3, 0.4) is 0 Å². The lowest BCUT2D eigenvalue weighted by Gasteiger charge is -2.33. The first-order chi connectivity index (χ1) is 10.2. The van der Waals surface area contributed by atoms with Crippen molar-refractivity contribution in [2.45, 2.75) is 52.0 Å². The maximum atomic E-state index is 11.0. The summed E-state index contributed by atoms with van der Waals surface area (Å²) in [6.45, 7) is 7.24. The van der Waals surface area contributed by atoms with Crippen molar-refractivity contribution in [1.82, 2.24) is 4.90 Å². The van der Waals surface area contributed by atoms with E-state index in [1.165, 1.54) is 24.1 Å². The lowest BCUT2D eigenvalue weighted by Crippen LogP contribution is -2.39. The lowest BCUT2D eigenvalue weighted by atomic mass is 10.0. The zero-order chi connectivity index (χ0) is 15.1. The fourth-order valence-electron chi connectivity index (χ4n) is 3.04. The molecule has 1 fully saturated rings. The first-order valence-electron chi connectivity index (χ1n) is 8.25. The van der Waals surface area contributed by atoms with Crippen molar-refractivity contribution in [3.8, 4) is 0 Å². The van der Waals surface area contributed by atoms with Gasteiger partial charge in [-0.3, -0.25) is 0 Å². The number of rotatable bonds is 7. The highest BCUT2D eigenvalue weighted by Gasteiger charge is 2.19. The molecule has 3 heteroatoms. The molecule has 1 aliphatic rings. The van der Waals surface area contributed by atoms with Crippen LogP contribution in [0.5, 0.6) is 0 Å². The summed E-state index contributed by atoms with van der Waals surface area (Å²) in [6.07, 6.45) is 5.19. The molecule has 1 heterocycles. The molecule has 0 atom stereocenters. The Hall–Kier alpha value is -1.35. The van der Waals surface area contributed by atoms with E-state index in [1.807, 2.05) is 0 Å². The van der Waals surface area contributed by atoms with Gasteiger partial charge in [-0.05, 0) is 50.8 Å². The molecule has 0 spiro atoms. The number of carbonyl (C=O) groups excluding carboxylic acids is 1. The van der Waals surface area contributed by atoms with Gasteiger partial charge in [0.15, 0.2) is 0 Å². The molecule has 0 saturated carbocycles. The lowest BCUT2D eigenvalue weighted by molar-refractivity contribution is -0.117. The SMILES string of the molecule is CCc1ccccc1NC1CCN(CCCC(C)=O)CC1. The van der Waals surface area contributed by atoms with E-state index >= 15 is 0 Å². The first kappa shape index (κ1) is 16.0. The topological polar surface area (TPSA) is 32.3 Å². The average molecular weight is 288 g/mol. The zero-order valence-electron chi connectivity index (χ0n) is 13.4. The van der Waals surface area contributed by atoms with Crippen molar-refractivity contribution in [3.63, 3.8) is 0 Å². The highest BCUT2D eigenvalue weighted by Crippen LogP contribution is 2.20. The Morgan fingerprint density at radius 3 is 2.67 bits per heavy atom. The summed E-state index contributed by atoms with van der Waals surface area (Å²) in [6, 6.07) is 9.21. The fourth-order valence-corrected chi connectivity index (χ4v) is 3.04. The molecule has 3 nitrogen and oxygen atoms in total. The van der Waals surface area contributed by atoms with Crippen molar-refractivity contribution in [1.29, 1.82) is 0 Å². The number of hydrogen-bond acceptors (Lipinski definition) is 3. The number of carbonyl (C=O) groups is 1. The Morgan fingerprint density at radius 1 is 1.29 bits per heavy atom. The van der Waals surface area contributed by atoms with Crippen LogP contribution in [-0.2, 0) is 11.2 Å². The second-order valence-corrected chi connectivity index (χ2v) is 6.08. The number of ketones is 1. The molecule has 116 valence electrons. The third-order valence-electron chi connectivity index (χ3n) is 4.35. The standard InChI is InChI=1S/C18H28N2O/c1-3-16-8-4-5-9-18(16)19-17-10-13-20(14-11-17)12-6-7-15(2)21/h4-5,8-9,17,19H,3,6-7,10-14H2,1-2H3. The van der Waals surface area contributed by atoms with Gasteiger partial charge < -0.3 is 15.0 Å². The molecule has 1 N–H and O–H groups in total. The van der Waals surface area contributed by atoms with Gasteiger partial charge >= 0.3 is 0 Å². The van der Waals surface area contributed by atoms with Crippen LogP contribution < -0.4 is 5.32 Å². The van der Waals surface area contributed by atoms with E-state index in [2.05, 4.69) is 41.4 Å². The summed E-state index contributed by atoms with van der Waals surface area (Å²) in [5.41, 5.74) is 2.71. The Bertz CT molecular complexity index is 450. The predicted octanol–water partition coefficient (Wildman–Crippen LogP) is 3.49. The van der Waals surface area contributed by atoms with Crippen molar-refractivity contribution < 1.29 is 4.79 Å². The van der Waals surface area contributed by atoms with Crippen LogP contribution in [0, 0.1) is 0 Å². The van der Waals surface area contributed by atoms with Gasteiger partial charge in [0.1, 0.15) is 5.78 Å². The second kappa shape index (κ2) is 8.18. The van der Waals surface area contributed by atoms with Crippen LogP contribution in [0.2, 0.25) is 0 Å². The Kier molecular flexibility index (Phi) is 6.24. The van der Waals surface area contributed by atoms with E-state index in [0.29, 0.717) is 11.8 Å². The van der Waals surface area contributed by atoms with Crippen molar-refractivity contribution >= 4 is 11.5 Å². The molecule has 0 aromatic heterocycles. The minimum Gasteiger partial charge on any atom is -0.382 e. The highest BCUT2D eigenvalue weighted by atomic mass is 16.1. The number of nitrogens with zero attached hydrogens (tertiary/aromatic N) is 1. The molecule has 21 heavy (non-hydrogen) atoms. The number of likely N-dealkylation sites (tertiary alicyclic amines) is 1. The Labute approximate surface area is 128 Å². The van der Waals surface area contributed by atoms with E-state index in [-0.39, 0.29) is 0 Å². The predicted molar refractivity (Wildman–Crippen MR) is 88.8 cm³/mol. The van der Waals surface area contributed by atoms with E-state index in [9.17, 15) is 4.79 Å². The summed E-state index contributed by atoms with van der Waals surface area (Å²) in [5, 5.41) is 3.71. The van der Waals surface area contributed by atoms with Gasteiger partial charge in [0, 0.05) is 31.2 Å². The normalized spacial score (nSPS) is 16.9. The van der Waals surface area contributed by atoms with Gasteiger partial charge in [-0.25, -0.2) is 0 Å². The summed E-state index contributed by atoms with van der Waals surface area (Å²) in [4.78, 5) is 13.5. The van der Waals surface area contributed by atoms with Gasteiger partial charge in [-0.2, -0.15) is 0 Å². The molecule has 2 rings (SSSR count). The fraction of sp³-hybridized carbons (Fsp3) is 0.611. The van der Waals surface area contributed by atoms with Gasteiger partial charge in [0.05, 0.1) is 0 Å². The quantitative estimate of drug-likeness (QED) is 0.833. The van der Waals surface area contributed by atoms with Crippen LogP contribution in [0.1, 0.15) is 45.1 Å². The van der Waals surface area contributed by atoms with Gasteiger partial charge in [-0.15, -0.1) is 0 Å². The molecule has 1 saturated heterocycles. The summed E-state index contributed by atoms with van der Waals surface area (Å²) >= 11 is 0. The Balaban J connectivity index is 1.75. The van der Waals surface area contributed by atoms with Crippen LogP contribution in [0.15, 0.2) is 24.3 Å². The minimum atomic E-state index is 0.308. The molecule has 0 bridgehead atoms. The monoisotopic (exact) mass is 288 g/mol. The third-order valence-corrected chi connectivity index (χ3v) is 4.35. The van der Waals surface area contributed by atoms with E-state index in [1.54, 1.807) is 6.92 Å². The van der Waals surface area contributed by atoms with E-state index in [0.717, 1.165) is 38.9 Å². The van der Waals surface area contributed by atoms with Crippen LogP contribution in [-0.4, -0.2) is 36.4 Å². The van der Waals surface area contributed by atoms with Gasteiger partial charge in [0.2, 0.25) is 0 Å². The van der Waals surface area contributed by atoms with E-state index in [4.69, 9.17) is 0 Å². The maximum absolute atomic E-state index is 11.0. The zero-order valence-corrected chi connectivity index (χ0v) is 13.4. The van der Waals surface area contributed by atoms with Crippen molar-refractivity contribution in [2.24, 2.45) is 0 Å². The molecule has 0 unspecified atom stereocenters. The molecule has 1 aromatic carbocycles. The summed E-state index contributed by atoms with van der Waals surface area (Å²) in [5.74, 6) is 0.308. The summed E-state index contributed by atoms with van der Waals surface area (Å²) in [7, 11) is 0. The van der Waals surface area contributed by atoms with Crippen molar-refractivity contribution in [2.75, 3.05) is 25.0 Å². The number of piperidine rings is 1. The average Bonchev–Trinajstić information content (AvgIpc) is 2.49. The molecule has 0 aliphatic carbocycles. The van der Waals surface area contributed by atoms with Crippen molar-refractivity contribution in [3.05, 3.63) is 29.8 Å². The number of Topliss-reactive ketones (excluding diaryl/α,β-unsaturated/α-hetero) is 1. The number of benzene rings is 1. The maximum Gasteiger partial charge on any atom is 0.129 e. The third kappa shape index (κ3) is 5.16. The molecule has 1 aliphatic heterocycles. The number of anilines is 1. The van der Waals surface area contributed by atoms with Crippen LogP contribution in [0.25, 0.3) is 0 Å². The number of nitrogens with one attached hydrogen (secondary N) is 1. The van der Waals surface area contributed by atoms with Crippen LogP contribution in [0.4, 0.5) is 5.69 Å². The molecule has 0 amide bonds. The molecule has 0 radical (unpaired) electrons. The molecular formula is C18H28N2O. The smallest absolute Gasteiger partial charge is 0.129 e. The largest absolute Gasteiger partial charge is 0.382 e. The highest BCUT2D eigenvalue weighted by molar-refractivity contribution is 5.75. The number of hydrogen-bond donors (Lipinski definition) is 1. The number of aryl methyl sites for hydroxylation is 1. The van der Waals surface area contributed by atoms with E-state index < -0.39 is 0 Å². The molecule has 1 aromatic rings. The van der Waals surface area contributed by atoms with Gasteiger partial charge in [-0.1, -0.05) is 25.1 Å². The van der Waals surface area contributed by atoms with Crippen LogP contribution >= 0.6 is 0 Å². The molecular weight excluding hydrogens is 260 g/mol.